The van der Waals surface area contributed by atoms with E-state index in [-0.39, 0.29) is 48.3 Å². The predicted molar refractivity (Wildman–Crippen MR) is 153 cm³/mol. The Kier molecular flexibility index (Phi) is 9.68. The number of amides is 3. The summed E-state index contributed by atoms with van der Waals surface area (Å²) in [5.41, 5.74) is 1.31. The van der Waals surface area contributed by atoms with Gasteiger partial charge in [-0.15, -0.1) is 0 Å². The fraction of sp³-hybridized carbons (Fsp3) is 0.516. The molecule has 3 atom stereocenters. The lowest BCUT2D eigenvalue weighted by Gasteiger charge is -2.37. The monoisotopic (exact) mass is 551 g/mol. The van der Waals surface area contributed by atoms with Gasteiger partial charge >= 0.3 is 0 Å². The van der Waals surface area contributed by atoms with E-state index in [4.69, 9.17) is 14.2 Å². The van der Waals surface area contributed by atoms with Gasteiger partial charge in [-0.05, 0) is 50.1 Å². The lowest BCUT2D eigenvalue weighted by atomic mass is 9.99. The molecule has 0 spiro atoms. The second-order valence-electron chi connectivity index (χ2n) is 11.0. The highest BCUT2D eigenvalue weighted by Crippen LogP contribution is 2.30. The van der Waals surface area contributed by atoms with Crippen LogP contribution in [-0.2, 0) is 9.53 Å². The summed E-state index contributed by atoms with van der Waals surface area (Å²) in [6.45, 7) is 5.13. The van der Waals surface area contributed by atoms with Gasteiger partial charge in [0, 0.05) is 56.4 Å². The summed E-state index contributed by atoms with van der Waals surface area (Å²) >= 11 is 0. The average Bonchev–Trinajstić information content (AvgIpc) is 3.51. The van der Waals surface area contributed by atoms with Gasteiger partial charge in [-0.25, -0.2) is 0 Å². The van der Waals surface area contributed by atoms with Crippen LogP contribution in [-0.4, -0.2) is 80.6 Å². The minimum Gasteiger partial charge on any atom is -0.497 e. The summed E-state index contributed by atoms with van der Waals surface area (Å²) in [4.78, 5) is 43.6. The maximum atomic E-state index is 13.6. The van der Waals surface area contributed by atoms with Crippen molar-refractivity contribution in [1.29, 1.82) is 0 Å². The van der Waals surface area contributed by atoms with E-state index in [9.17, 15) is 14.4 Å². The second-order valence-corrected chi connectivity index (χ2v) is 11.0. The summed E-state index contributed by atoms with van der Waals surface area (Å²) in [5.74, 6) is 0.631. The Hall–Kier alpha value is -3.59. The normalized spacial score (nSPS) is 22.5. The van der Waals surface area contributed by atoms with Crippen molar-refractivity contribution in [2.24, 2.45) is 11.8 Å². The molecule has 1 N–H and O–H groups in total. The maximum Gasteiger partial charge on any atom is 0.257 e. The first-order valence-corrected chi connectivity index (χ1v) is 14.0. The van der Waals surface area contributed by atoms with Crippen molar-refractivity contribution < 1.29 is 28.6 Å². The molecule has 1 fully saturated rings. The molecule has 1 heterocycles. The molecule has 9 heteroatoms. The molecule has 1 aliphatic carbocycles. The molecule has 2 aromatic carbocycles. The first kappa shape index (κ1) is 29.4. The van der Waals surface area contributed by atoms with Gasteiger partial charge in [0.15, 0.2) is 0 Å². The predicted octanol–water partition coefficient (Wildman–Crippen LogP) is 4.47. The number of benzene rings is 2. The Labute approximate surface area is 236 Å². The van der Waals surface area contributed by atoms with Crippen molar-refractivity contribution in [2.45, 2.75) is 51.7 Å². The molecule has 0 unspecified atom stereocenters. The molecule has 0 radical (unpaired) electrons. The number of ether oxygens (including phenoxy) is 3. The molecular formula is C31H41N3O6. The SMILES string of the molecule is COc1cccc(C(=O)Nc2ccc3c(c2)OC[C@H](C)N(C(=O)C2CCCC2)C[C@H](C)[C@H](OC)CN(C)C3=O)c1. The number of rotatable bonds is 5. The van der Waals surface area contributed by atoms with E-state index in [0.717, 1.165) is 25.7 Å². The van der Waals surface area contributed by atoms with Crippen molar-refractivity contribution in [3.05, 3.63) is 53.6 Å². The summed E-state index contributed by atoms with van der Waals surface area (Å²) in [6.07, 6.45) is 3.75. The topological polar surface area (TPSA) is 97.4 Å². The van der Waals surface area contributed by atoms with Crippen LogP contribution in [0.15, 0.2) is 42.5 Å². The molecule has 9 nitrogen and oxygen atoms in total. The number of carbonyl (C=O) groups is 3. The fourth-order valence-electron chi connectivity index (χ4n) is 5.53. The molecule has 0 aromatic heterocycles. The van der Waals surface area contributed by atoms with Crippen LogP contribution in [0.4, 0.5) is 5.69 Å². The number of likely N-dealkylation sites (N-methyl/N-ethyl adjacent to an activating group) is 1. The van der Waals surface area contributed by atoms with Crippen LogP contribution in [0.1, 0.15) is 60.2 Å². The fourth-order valence-corrected chi connectivity index (χ4v) is 5.53. The third kappa shape index (κ3) is 6.75. The van der Waals surface area contributed by atoms with Gasteiger partial charge in [0.2, 0.25) is 5.91 Å². The maximum absolute atomic E-state index is 13.6. The molecule has 2 aliphatic rings. The average molecular weight is 552 g/mol. The molecule has 40 heavy (non-hydrogen) atoms. The van der Waals surface area contributed by atoms with Crippen molar-refractivity contribution in [3.8, 4) is 11.5 Å². The molecule has 0 saturated heterocycles. The molecule has 1 saturated carbocycles. The van der Waals surface area contributed by atoms with Gasteiger partial charge < -0.3 is 29.3 Å². The molecule has 1 aliphatic heterocycles. The van der Waals surface area contributed by atoms with Gasteiger partial charge in [0.25, 0.3) is 11.8 Å². The van der Waals surface area contributed by atoms with Crippen LogP contribution in [0.5, 0.6) is 11.5 Å². The minimum atomic E-state index is -0.311. The molecule has 4 rings (SSSR count). The van der Waals surface area contributed by atoms with Crippen molar-refractivity contribution in [1.82, 2.24) is 9.80 Å². The van der Waals surface area contributed by atoms with Crippen LogP contribution >= 0.6 is 0 Å². The highest BCUT2D eigenvalue weighted by atomic mass is 16.5. The lowest BCUT2D eigenvalue weighted by Crippen LogP contribution is -2.50. The van der Waals surface area contributed by atoms with Gasteiger partial charge in [-0.3, -0.25) is 14.4 Å². The molecule has 3 amide bonds. The Morgan fingerprint density at radius 2 is 1.77 bits per heavy atom. The zero-order chi connectivity index (χ0) is 28.8. The Bertz CT molecular complexity index is 1210. The quantitative estimate of drug-likeness (QED) is 0.589. The Balaban J connectivity index is 1.63. The van der Waals surface area contributed by atoms with E-state index in [1.807, 2.05) is 11.8 Å². The number of carbonyl (C=O) groups excluding carboxylic acids is 3. The third-order valence-electron chi connectivity index (χ3n) is 8.02. The number of methoxy groups -OCH3 is 2. The standard InChI is InChI=1S/C31H41N3O6/c1-20-17-34(30(36)22-9-6-7-10-22)21(2)19-40-27-16-24(32-29(35)23-11-8-12-25(15-23)38-4)13-14-26(27)31(37)33(3)18-28(20)39-5/h8,11-16,20-22,28H,6-7,9-10,17-19H2,1-5H3,(H,32,35)/t20-,21-,28+/m0/s1. The molecule has 2 aromatic rings. The number of nitrogens with one attached hydrogen (secondary N) is 1. The van der Waals surface area contributed by atoms with Gasteiger partial charge in [-0.2, -0.15) is 0 Å². The second kappa shape index (κ2) is 13.2. The van der Waals surface area contributed by atoms with Crippen LogP contribution in [0.3, 0.4) is 0 Å². The largest absolute Gasteiger partial charge is 0.497 e. The van der Waals surface area contributed by atoms with Crippen LogP contribution < -0.4 is 14.8 Å². The van der Waals surface area contributed by atoms with Crippen molar-refractivity contribution in [2.75, 3.05) is 46.3 Å². The smallest absolute Gasteiger partial charge is 0.257 e. The number of hydrogen-bond donors (Lipinski definition) is 1. The molecule has 216 valence electrons. The van der Waals surface area contributed by atoms with E-state index in [2.05, 4.69) is 12.2 Å². The van der Waals surface area contributed by atoms with Gasteiger partial charge in [0.1, 0.15) is 18.1 Å². The Morgan fingerprint density at radius 1 is 1.02 bits per heavy atom. The zero-order valence-electron chi connectivity index (χ0n) is 24.1. The van der Waals surface area contributed by atoms with Crippen LogP contribution in [0.25, 0.3) is 0 Å². The first-order chi connectivity index (χ1) is 19.2. The number of nitrogens with zero attached hydrogens (tertiary/aromatic N) is 2. The summed E-state index contributed by atoms with van der Waals surface area (Å²) in [7, 11) is 4.93. The summed E-state index contributed by atoms with van der Waals surface area (Å²) in [5, 5.41) is 2.89. The van der Waals surface area contributed by atoms with Gasteiger partial charge in [-0.1, -0.05) is 25.8 Å². The lowest BCUT2D eigenvalue weighted by molar-refractivity contribution is -0.139. The molecule has 0 bridgehead atoms. The molecular weight excluding hydrogens is 510 g/mol. The van der Waals surface area contributed by atoms with Crippen molar-refractivity contribution >= 4 is 23.4 Å². The summed E-state index contributed by atoms with van der Waals surface area (Å²) < 4.78 is 17.3. The van der Waals surface area contributed by atoms with E-state index >= 15 is 0 Å². The van der Waals surface area contributed by atoms with Crippen LogP contribution in [0.2, 0.25) is 0 Å². The third-order valence-corrected chi connectivity index (χ3v) is 8.02. The zero-order valence-corrected chi connectivity index (χ0v) is 24.1. The van der Waals surface area contributed by atoms with E-state index in [1.54, 1.807) is 68.6 Å². The van der Waals surface area contributed by atoms with E-state index in [1.165, 1.54) is 0 Å². The number of anilines is 1. The summed E-state index contributed by atoms with van der Waals surface area (Å²) in [6, 6.07) is 11.7. The highest BCUT2D eigenvalue weighted by Gasteiger charge is 2.34. The highest BCUT2D eigenvalue weighted by molar-refractivity contribution is 6.05. The van der Waals surface area contributed by atoms with Crippen LogP contribution in [0, 0.1) is 11.8 Å². The van der Waals surface area contributed by atoms with Crippen molar-refractivity contribution in [3.63, 3.8) is 0 Å². The van der Waals surface area contributed by atoms with Gasteiger partial charge in [0.05, 0.1) is 24.8 Å². The first-order valence-electron chi connectivity index (χ1n) is 14.0. The van der Waals surface area contributed by atoms with E-state index in [0.29, 0.717) is 41.4 Å². The van der Waals surface area contributed by atoms with E-state index < -0.39 is 0 Å². The number of hydrogen-bond acceptors (Lipinski definition) is 6. The Morgan fingerprint density at radius 3 is 2.48 bits per heavy atom. The number of fused-ring (bicyclic) bond motifs is 1. The minimum absolute atomic E-state index is 0.0150.